The molecule has 7 nitrogen and oxygen atoms in total. The topological polar surface area (TPSA) is 83.6 Å². The Balaban J connectivity index is 1.59. The largest absolute Gasteiger partial charge is 0.497 e. The fraction of sp³-hybridized carbons (Fsp3) is 0.190. The molecule has 0 N–H and O–H groups in total. The number of alkyl halides is 3. The highest BCUT2D eigenvalue weighted by Gasteiger charge is 2.38. The predicted molar refractivity (Wildman–Crippen MR) is 104 cm³/mol. The molecule has 4 rings (SSSR count). The first-order valence-corrected chi connectivity index (χ1v) is 9.05. The van der Waals surface area contributed by atoms with Crippen LogP contribution in [0.15, 0.2) is 57.7 Å². The van der Waals surface area contributed by atoms with E-state index in [2.05, 4.69) is 4.98 Å². The summed E-state index contributed by atoms with van der Waals surface area (Å²) >= 11 is 0. The summed E-state index contributed by atoms with van der Waals surface area (Å²) in [5.41, 5.74) is 0.200. The van der Waals surface area contributed by atoms with E-state index in [1.54, 1.807) is 24.3 Å². The first-order chi connectivity index (χ1) is 14.8. The number of benzene rings is 2. The summed E-state index contributed by atoms with van der Waals surface area (Å²) in [6.07, 6.45) is -4.74. The number of halogens is 3. The van der Waals surface area contributed by atoms with E-state index in [-0.39, 0.29) is 23.2 Å². The molecule has 0 atom stereocenters. The first kappa shape index (κ1) is 20.5. The van der Waals surface area contributed by atoms with Gasteiger partial charge in [-0.1, -0.05) is 12.1 Å². The van der Waals surface area contributed by atoms with E-state index in [9.17, 15) is 22.8 Å². The van der Waals surface area contributed by atoms with E-state index in [1.807, 2.05) is 0 Å². The summed E-state index contributed by atoms with van der Waals surface area (Å²) in [6.45, 7) is -1.01. The van der Waals surface area contributed by atoms with Crippen LogP contribution in [-0.2, 0) is 28.9 Å². The fourth-order valence-corrected chi connectivity index (χ4v) is 3.24. The molecule has 0 amide bonds. The van der Waals surface area contributed by atoms with E-state index in [0.29, 0.717) is 16.7 Å². The molecule has 0 saturated carbocycles. The molecular formula is C21H15F3N2O5. The van der Waals surface area contributed by atoms with Crippen molar-refractivity contribution in [1.82, 2.24) is 9.55 Å². The predicted octanol–water partition coefficient (Wildman–Crippen LogP) is 3.91. The summed E-state index contributed by atoms with van der Waals surface area (Å²) in [4.78, 5) is 27.8. The maximum absolute atomic E-state index is 13.4. The number of hydrogen-bond acceptors (Lipinski definition) is 6. The van der Waals surface area contributed by atoms with Gasteiger partial charge >= 0.3 is 17.8 Å². The van der Waals surface area contributed by atoms with E-state index in [1.165, 1.54) is 25.3 Å². The molecule has 2 aromatic carbocycles. The maximum atomic E-state index is 13.4. The van der Waals surface area contributed by atoms with Gasteiger partial charge in [-0.25, -0.2) is 9.78 Å². The number of methoxy groups -OCH3 is 1. The van der Waals surface area contributed by atoms with E-state index in [4.69, 9.17) is 13.9 Å². The molecular weight excluding hydrogens is 417 g/mol. The number of rotatable bonds is 5. The Kier molecular flexibility index (Phi) is 5.14. The van der Waals surface area contributed by atoms with Crippen molar-refractivity contribution < 1.29 is 31.9 Å². The van der Waals surface area contributed by atoms with Crippen molar-refractivity contribution in [2.75, 3.05) is 7.11 Å². The van der Waals surface area contributed by atoms with Crippen LogP contribution in [0.1, 0.15) is 11.4 Å². The first-order valence-electron chi connectivity index (χ1n) is 9.05. The van der Waals surface area contributed by atoms with Crippen LogP contribution in [0.25, 0.3) is 22.0 Å². The number of carbonyl (C=O) groups is 1. The van der Waals surface area contributed by atoms with Crippen molar-refractivity contribution in [3.8, 4) is 5.75 Å². The van der Waals surface area contributed by atoms with Gasteiger partial charge in [-0.05, 0) is 24.3 Å². The number of imidazole rings is 1. The van der Waals surface area contributed by atoms with Gasteiger partial charge in [-0.3, -0.25) is 4.79 Å². The third kappa shape index (κ3) is 4.09. The lowest BCUT2D eigenvalue weighted by Crippen LogP contribution is -2.20. The van der Waals surface area contributed by atoms with Crippen molar-refractivity contribution in [2.45, 2.75) is 19.3 Å². The van der Waals surface area contributed by atoms with E-state index < -0.39 is 30.1 Å². The quantitative estimate of drug-likeness (QED) is 0.351. The average molecular weight is 432 g/mol. The SMILES string of the molecule is COc1ccc2c(COC(=O)Cn3c(C(F)(F)F)nc4ccccc43)cc(=O)oc2c1. The van der Waals surface area contributed by atoms with Gasteiger partial charge in [0.05, 0.1) is 18.1 Å². The highest BCUT2D eigenvalue weighted by molar-refractivity contribution is 5.82. The van der Waals surface area contributed by atoms with Crippen LogP contribution in [0.4, 0.5) is 13.2 Å². The Morgan fingerprint density at radius 2 is 1.94 bits per heavy atom. The van der Waals surface area contributed by atoms with Gasteiger partial charge in [-0.2, -0.15) is 13.2 Å². The summed E-state index contributed by atoms with van der Waals surface area (Å²) in [5, 5.41) is 0.511. The van der Waals surface area contributed by atoms with E-state index in [0.717, 1.165) is 10.6 Å². The molecule has 160 valence electrons. The minimum absolute atomic E-state index is 0.114. The number of hydrogen-bond donors (Lipinski definition) is 0. The number of ether oxygens (including phenoxy) is 2. The van der Waals surface area contributed by atoms with Gasteiger partial charge in [0.25, 0.3) is 0 Å². The normalized spacial score (nSPS) is 11.7. The molecule has 0 unspecified atom stereocenters. The third-order valence-corrected chi connectivity index (χ3v) is 4.62. The van der Waals surface area contributed by atoms with Gasteiger partial charge in [0.2, 0.25) is 5.82 Å². The fourth-order valence-electron chi connectivity index (χ4n) is 3.24. The molecule has 0 bridgehead atoms. The van der Waals surface area contributed by atoms with E-state index >= 15 is 0 Å². The second-order valence-electron chi connectivity index (χ2n) is 6.62. The Hall–Kier alpha value is -3.82. The summed E-state index contributed by atoms with van der Waals surface area (Å²) < 4.78 is 56.3. The monoisotopic (exact) mass is 432 g/mol. The molecule has 0 radical (unpaired) electrons. The number of esters is 1. The number of para-hydroxylation sites is 2. The van der Waals surface area contributed by atoms with Gasteiger partial charge in [0.1, 0.15) is 24.5 Å². The minimum atomic E-state index is -4.74. The number of aromatic nitrogens is 2. The lowest BCUT2D eigenvalue weighted by molar-refractivity contribution is -0.151. The highest BCUT2D eigenvalue weighted by atomic mass is 19.4. The van der Waals surface area contributed by atoms with Crippen LogP contribution < -0.4 is 10.4 Å². The van der Waals surface area contributed by atoms with Gasteiger partial charge in [-0.15, -0.1) is 0 Å². The van der Waals surface area contributed by atoms with Gasteiger partial charge in [0, 0.05) is 23.1 Å². The van der Waals surface area contributed by atoms with Crippen LogP contribution in [0.2, 0.25) is 0 Å². The Morgan fingerprint density at radius 1 is 1.16 bits per heavy atom. The van der Waals surface area contributed by atoms with Crippen LogP contribution in [-0.4, -0.2) is 22.6 Å². The van der Waals surface area contributed by atoms with Crippen molar-refractivity contribution >= 4 is 28.0 Å². The molecule has 4 aromatic rings. The van der Waals surface area contributed by atoms with Crippen molar-refractivity contribution in [2.24, 2.45) is 0 Å². The molecule has 0 aliphatic carbocycles. The molecule has 10 heteroatoms. The molecule has 31 heavy (non-hydrogen) atoms. The van der Waals surface area contributed by atoms with Crippen LogP contribution >= 0.6 is 0 Å². The average Bonchev–Trinajstić information content (AvgIpc) is 3.10. The number of carbonyl (C=O) groups excluding carboxylic acids is 1. The second kappa shape index (κ2) is 7.78. The summed E-state index contributed by atoms with van der Waals surface area (Å²) in [6, 6.07) is 11.9. The summed E-state index contributed by atoms with van der Waals surface area (Å²) in [5.74, 6) is -1.64. The van der Waals surface area contributed by atoms with Crippen LogP contribution in [0.3, 0.4) is 0 Å². The van der Waals surface area contributed by atoms with Crippen LogP contribution in [0, 0.1) is 0 Å². The molecule has 0 spiro atoms. The molecule has 0 aliphatic rings. The van der Waals surface area contributed by atoms with Crippen molar-refractivity contribution in [1.29, 1.82) is 0 Å². The van der Waals surface area contributed by atoms with Gasteiger partial charge < -0.3 is 18.5 Å². The molecule has 2 heterocycles. The summed E-state index contributed by atoms with van der Waals surface area (Å²) in [7, 11) is 1.46. The molecule has 2 aromatic heterocycles. The maximum Gasteiger partial charge on any atom is 0.449 e. The van der Waals surface area contributed by atoms with Crippen molar-refractivity contribution in [3.63, 3.8) is 0 Å². The Morgan fingerprint density at radius 3 is 2.68 bits per heavy atom. The second-order valence-corrected chi connectivity index (χ2v) is 6.62. The molecule has 0 aliphatic heterocycles. The smallest absolute Gasteiger partial charge is 0.449 e. The molecule has 0 fully saturated rings. The zero-order valence-electron chi connectivity index (χ0n) is 16.1. The molecule has 0 saturated heterocycles. The van der Waals surface area contributed by atoms with Crippen LogP contribution in [0.5, 0.6) is 5.75 Å². The lowest BCUT2D eigenvalue weighted by Gasteiger charge is -2.12. The Bertz CT molecular complexity index is 1340. The Labute approximate surface area is 172 Å². The third-order valence-electron chi connectivity index (χ3n) is 4.62. The van der Waals surface area contributed by atoms with Crippen molar-refractivity contribution in [3.05, 3.63) is 70.3 Å². The highest BCUT2D eigenvalue weighted by Crippen LogP contribution is 2.31. The zero-order valence-corrected chi connectivity index (χ0v) is 16.1. The number of nitrogens with zero attached hydrogens (tertiary/aromatic N) is 2. The number of fused-ring (bicyclic) bond motifs is 2. The standard InChI is InChI=1S/C21H15F3N2O5/c1-29-13-6-7-14-12(8-18(27)31-17(14)9-13)11-30-19(28)10-26-16-5-3-2-4-15(16)25-20(26)21(22,23)24/h2-9H,10-11H2,1H3. The zero-order chi connectivity index (χ0) is 22.2. The minimum Gasteiger partial charge on any atom is -0.497 e. The van der Waals surface area contributed by atoms with Gasteiger partial charge in [0.15, 0.2) is 0 Å². The lowest BCUT2D eigenvalue weighted by atomic mass is 10.1.